The topological polar surface area (TPSA) is 49.8 Å². The molecule has 0 atom stereocenters. The monoisotopic (exact) mass is 248 g/mol. The van der Waals surface area contributed by atoms with Gasteiger partial charge in [0.05, 0.1) is 0 Å². The second-order valence-electron chi connectivity index (χ2n) is 5.14. The molecule has 1 aromatic rings. The fraction of sp³-hybridized carbons (Fsp3) is 0.714. The Morgan fingerprint density at radius 3 is 2.33 bits per heavy atom. The Morgan fingerprint density at radius 1 is 1.11 bits per heavy atom. The fourth-order valence-corrected chi connectivity index (χ4v) is 2.32. The first-order valence-corrected chi connectivity index (χ1v) is 7.03. The van der Waals surface area contributed by atoms with Crippen LogP contribution in [0.5, 0.6) is 0 Å². The SMILES string of the molecule is CCNc1nc(C)nc(NCCC2CCC2)c1C. The smallest absolute Gasteiger partial charge is 0.134 e. The van der Waals surface area contributed by atoms with E-state index in [2.05, 4.69) is 34.4 Å². The van der Waals surface area contributed by atoms with Crippen LogP contribution < -0.4 is 10.6 Å². The van der Waals surface area contributed by atoms with Gasteiger partial charge in [-0.15, -0.1) is 0 Å². The summed E-state index contributed by atoms with van der Waals surface area (Å²) in [5, 5.41) is 6.75. The highest BCUT2D eigenvalue weighted by atomic mass is 15.1. The molecule has 1 aliphatic carbocycles. The molecule has 0 amide bonds. The van der Waals surface area contributed by atoms with Gasteiger partial charge in [0.1, 0.15) is 17.5 Å². The van der Waals surface area contributed by atoms with Gasteiger partial charge in [0.15, 0.2) is 0 Å². The van der Waals surface area contributed by atoms with Crippen LogP contribution >= 0.6 is 0 Å². The molecule has 18 heavy (non-hydrogen) atoms. The highest BCUT2D eigenvalue weighted by molar-refractivity contribution is 5.57. The molecular formula is C14H24N4. The van der Waals surface area contributed by atoms with Crippen molar-refractivity contribution in [3.05, 3.63) is 11.4 Å². The lowest BCUT2D eigenvalue weighted by atomic mass is 9.83. The number of aromatic nitrogens is 2. The molecule has 2 rings (SSSR count). The van der Waals surface area contributed by atoms with Crippen molar-refractivity contribution in [2.45, 2.75) is 46.5 Å². The number of nitrogens with one attached hydrogen (secondary N) is 2. The number of hydrogen-bond donors (Lipinski definition) is 2. The molecule has 2 N–H and O–H groups in total. The first kappa shape index (κ1) is 13.1. The Hall–Kier alpha value is -1.32. The first-order valence-electron chi connectivity index (χ1n) is 7.03. The summed E-state index contributed by atoms with van der Waals surface area (Å²) in [6, 6.07) is 0. The van der Waals surface area contributed by atoms with Gasteiger partial charge < -0.3 is 10.6 Å². The average molecular weight is 248 g/mol. The standard InChI is InChI=1S/C14H24N4/c1-4-15-13-10(2)14(18-11(3)17-13)16-9-8-12-6-5-7-12/h12H,4-9H2,1-3H3,(H2,15,16,17,18). The molecule has 0 aliphatic heterocycles. The average Bonchev–Trinajstić information content (AvgIpc) is 2.28. The van der Waals surface area contributed by atoms with Crippen LogP contribution in [0.25, 0.3) is 0 Å². The molecular weight excluding hydrogens is 224 g/mol. The lowest BCUT2D eigenvalue weighted by Gasteiger charge is -2.25. The van der Waals surface area contributed by atoms with Crippen LogP contribution in [0.2, 0.25) is 0 Å². The van der Waals surface area contributed by atoms with Gasteiger partial charge in [-0.2, -0.15) is 0 Å². The van der Waals surface area contributed by atoms with Crippen molar-refractivity contribution in [2.24, 2.45) is 5.92 Å². The van der Waals surface area contributed by atoms with E-state index in [4.69, 9.17) is 0 Å². The van der Waals surface area contributed by atoms with E-state index in [1.54, 1.807) is 0 Å². The van der Waals surface area contributed by atoms with Crippen LogP contribution in [0, 0.1) is 19.8 Å². The van der Waals surface area contributed by atoms with Gasteiger partial charge in [-0.1, -0.05) is 19.3 Å². The third kappa shape index (κ3) is 3.12. The summed E-state index contributed by atoms with van der Waals surface area (Å²) in [5.74, 6) is 3.70. The highest BCUT2D eigenvalue weighted by Gasteiger charge is 2.17. The lowest BCUT2D eigenvalue weighted by Crippen LogP contribution is -2.17. The highest BCUT2D eigenvalue weighted by Crippen LogP contribution is 2.29. The Balaban J connectivity index is 1.96. The van der Waals surface area contributed by atoms with Crippen molar-refractivity contribution in [3.63, 3.8) is 0 Å². The summed E-state index contributed by atoms with van der Waals surface area (Å²) < 4.78 is 0. The van der Waals surface area contributed by atoms with Crippen molar-refractivity contribution in [2.75, 3.05) is 23.7 Å². The minimum atomic E-state index is 0.822. The zero-order chi connectivity index (χ0) is 13.0. The van der Waals surface area contributed by atoms with E-state index in [0.29, 0.717) is 0 Å². The van der Waals surface area contributed by atoms with Crippen molar-refractivity contribution < 1.29 is 0 Å². The van der Waals surface area contributed by atoms with Crippen LogP contribution in [0.15, 0.2) is 0 Å². The van der Waals surface area contributed by atoms with Crippen LogP contribution in [0.1, 0.15) is 44.0 Å². The summed E-state index contributed by atoms with van der Waals surface area (Å²) in [7, 11) is 0. The van der Waals surface area contributed by atoms with Gasteiger partial charge in [-0.3, -0.25) is 0 Å². The number of nitrogens with zero attached hydrogens (tertiary/aromatic N) is 2. The van der Waals surface area contributed by atoms with E-state index in [1.165, 1.54) is 25.7 Å². The number of aryl methyl sites for hydroxylation is 1. The molecule has 4 heteroatoms. The molecule has 1 saturated carbocycles. The maximum absolute atomic E-state index is 4.49. The predicted molar refractivity (Wildman–Crippen MR) is 76.1 cm³/mol. The first-order chi connectivity index (χ1) is 8.70. The lowest BCUT2D eigenvalue weighted by molar-refractivity contribution is 0.303. The van der Waals surface area contributed by atoms with Gasteiger partial charge in [-0.25, -0.2) is 9.97 Å². The van der Waals surface area contributed by atoms with Gasteiger partial charge in [0.25, 0.3) is 0 Å². The van der Waals surface area contributed by atoms with Crippen LogP contribution in [0.3, 0.4) is 0 Å². The van der Waals surface area contributed by atoms with Crippen molar-refractivity contribution in [1.82, 2.24) is 9.97 Å². The van der Waals surface area contributed by atoms with E-state index in [-0.39, 0.29) is 0 Å². The van der Waals surface area contributed by atoms with E-state index < -0.39 is 0 Å². The normalized spacial score (nSPS) is 15.3. The maximum Gasteiger partial charge on any atom is 0.134 e. The summed E-state index contributed by atoms with van der Waals surface area (Å²) in [6.07, 6.45) is 5.50. The summed E-state index contributed by atoms with van der Waals surface area (Å²) in [6.45, 7) is 8.01. The number of hydrogen-bond acceptors (Lipinski definition) is 4. The van der Waals surface area contributed by atoms with E-state index in [0.717, 1.165) is 42.0 Å². The second kappa shape index (κ2) is 6.03. The largest absolute Gasteiger partial charge is 0.370 e. The summed E-state index contributed by atoms with van der Waals surface area (Å²) in [5.41, 5.74) is 1.12. The van der Waals surface area contributed by atoms with Crippen LogP contribution in [0.4, 0.5) is 11.6 Å². The molecule has 1 aliphatic rings. The predicted octanol–water partition coefficient (Wildman–Crippen LogP) is 3.13. The summed E-state index contributed by atoms with van der Waals surface area (Å²) in [4.78, 5) is 8.93. The van der Waals surface area contributed by atoms with E-state index in [9.17, 15) is 0 Å². The zero-order valence-electron chi connectivity index (χ0n) is 11.7. The molecule has 4 nitrogen and oxygen atoms in total. The maximum atomic E-state index is 4.49. The van der Waals surface area contributed by atoms with Crippen molar-refractivity contribution in [1.29, 1.82) is 0 Å². The Bertz CT molecular complexity index is 399. The molecule has 100 valence electrons. The van der Waals surface area contributed by atoms with Crippen molar-refractivity contribution >= 4 is 11.6 Å². The molecule has 0 bridgehead atoms. The van der Waals surface area contributed by atoms with Gasteiger partial charge in [0.2, 0.25) is 0 Å². The van der Waals surface area contributed by atoms with E-state index in [1.807, 2.05) is 6.92 Å². The third-order valence-corrected chi connectivity index (χ3v) is 3.67. The Kier molecular flexibility index (Phi) is 4.39. The molecule has 0 saturated heterocycles. The molecule has 0 unspecified atom stereocenters. The molecule has 1 heterocycles. The van der Waals surface area contributed by atoms with Gasteiger partial charge in [-0.05, 0) is 33.1 Å². The molecule has 1 aromatic heterocycles. The van der Waals surface area contributed by atoms with Gasteiger partial charge in [0, 0.05) is 18.7 Å². The minimum absolute atomic E-state index is 0.822. The summed E-state index contributed by atoms with van der Waals surface area (Å²) >= 11 is 0. The molecule has 0 radical (unpaired) electrons. The Morgan fingerprint density at radius 2 is 1.78 bits per heavy atom. The van der Waals surface area contributed by atoms with Gasteiger partial charge >= 0.3 is 0 Å². The Labute approximate surface area is 110 Å². The quantitative estimate of drug-likeness (QED) is 0.812. The second-order valence-corrected chi connectivity index (χ2v) is 5.14. The fourth-order valence-electron chi connectivity index (χ4n) is 2.32. The molecule has 0 aromatic carbocycles. The molecule has 0 spiro atoms. The van der Waals surface area contributed by atoms with Crippen LogP contribution in [-0.4, -0.2) is 23.1 Å². The number of rotatable bonds is 6. The zero-order valence-corrected chi connectivity index (χ0v) is 11.7. The third-order valence-electron chi connectivity index (χ3n) is 3.67. The minimum Gasteiger partial charge on any atom is -0.370 e. The number of anilines is 2. The van der Waals surface area contributed by atoms with Crippen molar-refractivity contribution in [3.8, 4) is 0 Å². The molecule has 1 fully saturated rings. The van der Waals surface area contributed by atoms with Crippen LogP contribution in [-0.2, 0) is 0 Å². The van der Waals surface area contributed by atoms with E-state index >= 15 is 0 Å².